The minimum absolute atomic E-state index is 0.150. The second-order valence-corrected chi connectivity index (χ2v) is 7.03. The van der Waals surface area contributed by atoms with E-state index in [9.17, 15) is 4.79 Å². The molecular formula is C21H18N6O2. The normalized spacial score (nSPS) is 11.3. The molecule has 3 aromatic heterocycles. The van der Waals surface area contributed by atoms with Gasteiger partial charge in [0.1, 0.15) is 16.7 Å². The molecule has 0 unspecified atom stereocenters. The van der Waals surface area contributed by atoms with Gasteiger partial charge in [-0.25, -0.2) is 4.63 Å². The fourth-order valence-corrected chi connectivity index (χ4v) is 3.48. The number of para-hydroxylation sites is 1. The van der Waals surface area contributed by atoms with Crippen LogP contribution in [0.3, 0.4) is 0 Å². The molecule has 0 aliphatic heterocycles. The van der Waals surface area contributed by atoms with Gasteiger partial charge in [0.25, 0.3) is 5.91 Å². The molecule has 5 aromatic rings. The SMILES string of the molecule is CN(Cc1ccc2nonc2c1)C(=O)c1cc(Cn2ccc3ccccc32)[nH]n1. The lowest BCUT2D eigenvalue weighted by Gasteiger charge is -2.15. The average Bonchev–Trinajstić information content (AvgIpc) is 3.47. The van der Waals surface area contributed by atoms with Crippen molar-refractivity contribution in [3.8, 4) is 0 Å². The summed E-state index contributed by atoms with van der Waals surface area (Å²) in [4.78, 5) is 14.4. The van der Waals surface area contributed by atoms with Crippen molar-refractivity contribution in [3.63, 3.8) is 0 Å². The third-order valence-electron chi connectivity index (χ3n) is 4.96. The Labute approximate surface area is 165 Å². The second kappa shape index (κ2) is 6.90. The maximum atomic E-state index is 12.8. The van der Waals surface area contributed by atoms with Gasteiger partial charge >= 0.3 is 0 Å². The van der Waals surface area contributed by atoms with E-state index in [-0.39, 0.29) is 5.91 Å². The smallest absolute Gasteiger partial charge is 0.274 e. The van der Waals surface area contributed by atoms with Crippen molar-refractivity contribution < 1.29 is 9.42 Å². The molecule has 8 heteroatoms. The lowest BCUT2D eigenvalue weighted by atomic mass is 10.2. The van der Waals surface area contributed by atoms with Gasteiger partial charge in [0.15, 0.2) is 0 Å². The number of aromatic amines is 1. The molecule has 0 atom stereocenters. The molecule has 0 aliphatic rings. The lowest BCUT2D eigenvalue weighted by Crippen LogP contribution is -2.26. The van der Waals surface area contributed by atoms with E-state index in [2.05, 4.69) is 43.3 Å². The van der Waals surface area contributed by atoms with E-state index in [4.69, 9.17) is 4.63 Å². The predicted octanol–water partition coefficient (Wildman–Crippen LogP) is 3.22. The summed E-state index contributed by atoms with van der Waals surface area (Å²) in [6.45, 7) is 1.05. The molecule has 8 nitrogen and oxygen atoms in total. The standard InChI is InChI=1S/C21H18N6O2/c1-26(12-14-6-7-17-18(10-14)25-29-24-17)21(28)19-11-16(22-23-19)13-27-9-8-15-4-2-3-5-20(15)27/h2-11H,12-13H2,1H3,(H,22,23). The number of carbonyl (C=O) groups is 1. The van der Waals surface area contributed by atoms with Gasteiger partial charge < -0.3 is 9.47 Å². The van der Waals surface area contributed by atoms with Crippen LogP contribution >= 0.6 is 0 Å². The van der Waals surface area contributed by atoms with E-state index in [0.29, 0.717) is 29.8 Å². The molecule has 3 heterocycles. The molecule has 0 bridgehead atoms. The summed E-state index contributed by atoms with van der Waals surface area (Å²) in [6.07, 6.45) is 2.04. The largest absolute Gasteiger partial charge is 0.341 e. The highest BCUT2D eigenvalue weighted by Gasteiger charge is 2.16. The number of H-pyrrole nitrogens is 1. The molecular weight excluding hydrogens is 368 g/mol. The number of fused-ring (bicyclic) bond motifs is 2. The van der Waals surface area contributed by atoms with Gasteiger partial charge in [-0.3, -0.25) is 9.89 Å². The predicted molar refractivity (Wildman–Crippen MR) is 107 cm³/mol. The Kier molecular flexibility index (Phi) is 4.09. The molecule has 0 saturated carbocycles. The molecule has 1 amide bonds. The quantitative estimate of drug-likeness (QED) is 0.501. The third-order valence-corrected chi connectivity index (χ3v) is 4.96. The van der Waals surface area contributed by atoms with Crippen LogP contribution in [0.15, 0.2) is 65.4 Å². The summed E-state index contributed by atoms with van der Waals surface area (Å²) in [5.41, 5.74) is 4.71. The zero-order chi connectivity index (χ0) is 19.8. The maximum absolute atomic E-state index is 12.8. The van der Waals surface area contributed by atoms with E-state index in [1.807, 2.05) is 36.5 Å². The van der Waals surface area contributed by atoms with Crippen molar-refractivity contribution in [2.24, 2.45) is 0 Å². The van der Waals surface area contributed by atoms with Crippen molar-refractivity contribution in [1.29, 1.82) is 0 Å². The second-order valence-electron chi connectivity index (χ2n) is 7.03. The number of benzene rings is 2. The summed E-state index contributed by atoms with van der Waals surface area (Å²) in [5, 5.41) is 16.0. The van der Waals surface area contributed by atoms with Crippen molar-refractivity contribution in [2.75, 3.05) is 7.05 Å². The number of rotatable bonds is 5. The first-order valence-electron chi connectivity index (χ1n) is 9.22. The van der Waals surface area contributed by atoms with E-state index >= 15 is 0 Å². The van der Waals surface area contributed by atoms with Crippen LogP contribution in [-0.4, -0.2) is 42.9 Å². The van der Waals surface area contributed by atoms with E-state index in [0.717, 1.165) is 16.8 Å². The van der Waals surface area contributed by atoms with Gasteiger partial charge in [-0.05, 0) is 51.6 Å². The number of hydrogen-bond donors (Lipinski definition) is 1. The van der Waals surface area contributed by atoms with Crippen LogP contribution in [0.1, 0.15) is 21.7 Å². The average molecular weight is 386 g/mol. The van der Waals surface area contributed by atoms with Crippen LogP contribution in [0.25, 0.3) is 21.9 Å². The van der Waals surface area contributed by atoms with Crippen molar-refractivity contribution in [1.82, 2.24) is 30.0 Å². The first kappa shape index (κ1) is 17.2. The highest BCUT2D eigenvalue weighted by molar-refractivity contribution is 5.92. The molecule has 2 aromatic carbocycles. The van der Waals surface area contributed by atoms with E-state index in [1.165, 1.54) is 5.39 Å². The molecule has 29 heavy (non-hydrogen) atoms. The summed E-state index contributed by atoms with van der Waals surface area (Å²) in [7, 11) is 1.75. The Balaban J connectivity index is 1.30. The van der Waals surface area contributed by atoms with Crippen LogP contribution < -0.4 is 0 Å². The zero-order valence-corrected chi connectivity index (χ0v) is 15.7. The van der Waals surface area contributed by atoms with Crippen molar-refractivity contribution in [2.45, 2.75) is 13.1 Å². The van der Waals surface area contributed by atoms with Crippen LogP contribution in [0, 0.1) is 0 Å². The fourth-order valence-electron chi connectivity index (χ4n) is 3.48. The van der Waals surface area contributed by atoms with Gasteiger partial charge in [-0.2, -0.15) is 5.10 Å². The topological polar surface area (TPSA) is 92.8 Å². The van der Waals surface area contributed by atoms with Gasteiger partial charge in [0, 0.05) is 25.3 Å². The fraction of sp³-hybridized carbons (Fsp3) is 0.143. The van der Waals surface area contributed by atoms with Crippen molar-refractivity contribution in [3.05, 3.63) is 77.7 Å². The first-order valence-corrected chi connectivity index (χ1v) is 9.22. The summed E-state index contributed by atoms with van der Waals surface area (Å²) in [5.74, 6) is -0.150. The Bertz CT molecular complexity index is 1310. The molecule has 144 valence electrons. The zero-order valence-electron chi connectivity index (χ0n) is 15.7. The van der Waals surface area contributed by atoms with Gasteiger partial charge in [-0.15, -0.1) is 0 Å². The highest BCUT2D eigenvalue weighted by atomic mass is 16.6. The van der Waals surface area contributed by atoms with E-state index in [1.54, 1.807) is 18.0 Å². The van der Waals surface area contributed by atoms with Gasteiger partial charge in [-0.1, -0.05) is 24.3 Å². The Morgan fingerprint density at radius 3 is 2.90 bits per heavy atom. The minimum Gasteiger partial charge on any atom is -0.341 e. The number of carbonyl (C=O) groups excluding carboxylic acids is 1. The minimum atomic E-state index is -0.150. The van der Waals surface area contributed by atoms with Crippen LogP contribution in [-0.2, 0) is 13.1 Å². The Hall–Kier alpha value is -3.94. The summed E-state index contributed by atoms with van der Waals surface area (Å²) < 4.78 is 6.84. The summed E-state index contributed by atoms with van der Waals surface area (Å²) >= 11 is 0. The molecule has 0 radical (unpaired) electrons. The number of amides is 1. The van der Waals surface area contributed by atoms with Crippen molar-refractivity contribution >= 4 is 27.8 Å². The number of nitrogens with one attached hydrogen (secondary N) is 1. The third kappa shape index (κ3) is 3.25. The molecule has 0 aliphatic carbocycles. The molecule has 0 fully saturated rings. The maximum Gasteiger partial charge on any atom is 0.274 e. The molecule has 0 spiro atoms. The molecule has 0 saturated heterocycles. The summed E-state index contributed by atoms with van der Waals surface area (Å²) in [6, 6.07) is 17.7. The molecule has 1 N–H and O–H groups in total. The Morgan fingerprint density at radius 2 is 1.97 bits per heavy atom. The monoisotopic (exact) mass is 386 g/mol. The van der Waals surface area contributed by atoms with Gasteiger partial charge in [0.05, 0.1) is 12.2 Å². The number of aromatic nitrogens is 5. The first-order chi connectivity index (χ1) is 14.2. The van der Waals surface area contributed by atoms with Crippen LogP contribution in [0.2, 0.25) is 0 Å². The van der Waals surface area contributed by atoms with Crippen LogP contribution in [0.4, 0.5) is 0 Å². The Morgan fingerprint density at radius 1 is 1.10 bits per heavy atom. The number of hydrogen-bond acceptors (Lipinski definition) is 5. The van der Waals surface area contributed by atoms with Crippen LogP contribution in [0.5, 0.6) is 0 Å². The number of nitrogens with zero attached hydrogens (tertiary/aromatic N) is 5. The molecule has 5 rings (SSSR count). The lowest BCUT2D eigenvalue weighted by molar-refractivity contribution is 0.0779. The highest BCUT2D eigenvalue weighted by Crippen LogP contribution is 2.17. The van der Waals surface area contributed by atoms with Gasteiger partial charge in [0.2, 0.25) is 0 Å². The van der Waals surface area contributed by atoms with E-state index < -0.39 is 0 Å².